The molecule has 1 aromatic heterocycles. The van der Waals surface area contributed by atoms with Gasteiger partial charge < -0.3 is 14.6 Å². The normalized spacial score (nSPS) is 10.5. The number of carboxylic acids is 1. The van der Waals surface area contributed by atoms with Crippen LogP contribution in [0.25, 0.3) is 10.6 Å². The van der Waals surface area contributed by atoms with Gasteiger partial charge in [-0.3, -0.25) is 0 Å². The molecule has 0 saturated heterocycles. The lowest BCUT2D eigenvalue weighted by Gasteiger charge is -2.11. The van der Waals surface area contributed by atoms with Crippen molar-refractivity contribution in [1.82, 2.24) is 4.98 Å². The number of carbonyl (C=O) groups is 1. The first-order valence-corrected chi connectivity index (χ1v) is 9.65. The molecule has 0 radical (unpaired) electrons. The van der Waals surface area contributed by atoms with Crippen molar-refractivity contribution in [2.75, 3.05) is 13.2 Å². The van der Waals surface area contributed by atoms with Crippen LogP contribution >= 0.6 is 11.3 Å². The lowest BCUT2D eigenvalue weighted by Crippen LogP contribution is -2.10. The zero-order chi connectivity index (χ0) is 19.9. The van der Waals surface area contributed by atoms with Gasteiger partial charge in [-0.25, -0.2) is 9.78 Å². The number of carboxylic acid groups (broad SMARTS) is 1. The summed E-state index contributed by atoms with van der Waals surface area (Å²) >= 11 is 1.16. The van der Waals surface area contributed by atoms with E-state index in [1.54, 1.807) is 6.92 Å². The highest BCUT2D eigenvalue weighted by Gasteiger charge is 2.15. The predicted molar refractivity (Wildman–Crippen MR) is 111 cm³/mol. The Hall–Kier alpha value is -3.12. The Bertz CT molecular complexity index is 980. The van der Waals surface area contributed by atoms with Gasteiger partial charge in [0.15, 0.2) is 0 Å². The van der Waals surface area contributed by atoms with Crippen LogP contribution in [0.2, 0.25) is 0 Å². The molecule has 0 atom stereocenters. The van der Waals surface area contributed by atoms with Crippen molar-refractivity contribution in [1.29, 1.82) is 0 Å². The Labute approximate surface area is 167 Å². The summed E-state index contributed by atoms with van der Waals surface area (Å²) < 4.78 is 11.6. The summed E-state index contributed by atoms with van der Waals surface area (Å²) in [5, 5.41) is 9.86. The summed E-state index contributed by atoms with van der Waals surface area (Å²) in [6, 6.07) is 15.3. The Morgan fingerprint density at radius 2 is 1.96 bits per heavy atom. The molecule has 0 fully saturated rings. The van der Waals surface area contributed by atoms with Crippen molar-refractivity contribution < 1.29 is 19.4 Å². The molecule has 0 amide bonds. The van der Waals surface area contributed by atoms with Gasteiger partial charge in [-0.1, -0.05) is 36.4 Å². The lowest BCUT2D eigenvalue weighted by atomic mass is 10.1. The maximum absolute atomic E-state index is 11.2. The first-order valence-electron chi connectivity index (χ1n) is 8.84. The minimum absolute atomic E-state index is 0.257. The molecule has 0 aliphatic rings. The van der Waals surface area contributed by atoms with Gasteiger partial charge in [0.05, 0.1) is 5.69 Å². The van der Waals surface area contributed by atoms with Crippen molar-refractivity contribution in [2.24, 2.45) is 0 Å². The Morgan fingerprint density at radius 1 is 1.18 bits per heavy atom. The van der Waals surface area contributed by atoms with Crippen LogP contribution in [0.3, 0.4) is 0 Å². The number of ether oxygens (including phenoxy) is 2. The van der Waals surface area contributed by atoms with E-state index in [1.807, 2.05) is 54.6 Å². The van der Waals surface area contributed by atoms with Crippen molar-refractivity contribution >= 4 is 17.3 Å². The van der Waals surface area contributed by atoms with Gasteiger partial charge in [0, 0.05) is 5.56 Å². The van der Waals surface area contributed by atoms with Crippen LogP contribution in [0.15, 0.2) is 61.2 Å². The van der Waals surface area contributed by atoms with Gasteiger partial charge in [0.25, 0.3) is 0 Å². The molecule has 1 heterocycles. The molecule has 5 nitrogen and oxygen atoms in total. The number of hydrogen-bond acceptors (Lipinski definition) is 5. The van der Waals surface area contributed by atoms with Gasteiger partial charge in [-0.15, -0.1) is 17.9 Å². The van der Waals surface area contributed by atoms with Gasteiger partial charge in [-0.05, 0) is 37.1 Å². The molecule has 1 N–H and O–H groups in total. The summed E-state index contributed by atoms with van der Waals surface area (Å²) in [5.74, 6) is 0.562. The van der Waals surface area contributed by atoms with Crippen LogP contribution in [-0.4, -0.2) is 29.3 Å². The molecule has 28 heavy (non-hydrogen) atoms. The second kappa shape index (κ2) is 9.19. The summed E-state index contributed by atoms with van der Waals surface area (Å²) in [6.45, 7) is 6.27. The van der Waals surface area contributed by atoms with Gasteiger partial charge in [-0.2, -0.15) is 0 Å². The molecule has 0 bridgehead atoms. The highest BCUT2D eigenvalue weighted by molar-refractivity contribution is 7.17. The highest BCUT2D eigenvalue weighted by atomic mass is 32.1. The van der Waals surface area contributed by atoms with E-state index < -0.39 is 5.97 Å². The number of para-hydroxylation sites is 1. The highest BCUT2D eigenvalue weighted by Crippen LogP contribution is 2.30. The van der Waals surface area contributed by atoms with Crippen molar-refractivity contribution in [3.05, 3.63) is 77.3 Å². The maximum Gasteiger partial charge on any atom is 0.347 e. The van der Waals surface area contributed by atoms with E-state index in [-0.39, 0.29) is 4.88 Å². The average molecular weight is 395 g/mol. The minimum atomic E-state index is -0.956. The molecule has 6 heteroatoms. The average Bonchev–Trinajstić information content (AvgIpc) is 3.09. The van der Waals surface area contributed by atoms with E-state index >= 15 is 0 Å². The molecule has 2 aromatic carbocycles. The number of benzene rings is 2. The van der Waals surface area contributed by atoms with Crippen LogP contribution in [0, 0.1) is 6.92 Å². The fraction of sp³-hybridized carbons (Fsp3) is 0.182. The second-order valence-electron chi connectivity index (χ2n) is 6.06. The SMILES string of the molecule is C=CCc1ccccc1OCCOc1cccc(-c2nc(C)c(C(=O)O)s2)c1. The Kier molecular flexibility index (Phi) is 6.45. The number of aromatic carboxylic acids is 1. The molecule has 0 saturated carbocycles. The summed E-state index contributed by atoms with van der Waals surface area (Å²) in [6.07, 6.45) is 2.60. The van der Waals surface area contributed by atoms with Crippen LogP contribution in [0.5, 0.6) is 11.5 Å². The molecular formula is C22H21NO4S. The smallest absolute Gasteiger partial charge is 0.347 e. The number of aromatic nitrogens is 1. The van der Waals surface area contributed by atoms with Crippen molar-refractivity contribution in [2.45, 2.75) is 13.3 Å². The molecule has 0 spiro atoms. The van der Waals surface area contributed by atoms with E-state index in [0.29, 0.717) is 29.7 Å². The number of aryl methyl sites for hydroxylation is 1. The van der Waals surface area contributed by atoms with E-state index in [2.05, 4.69) is 11.6 Å². The fourth-order valence-corrected chi connectivity index (χ4v) is 3.62. The Morgan fingerprint density at radius 3 is 2.71 bits per heavy atom. The third kappa shape index (κ3) is 4.78. The largest absolute Gasteiger partial charge is 0.490 e. The number of hydrogen-bond donors (Lipinski definition) is 1. The predicted octanol–water partition coefficient (Wildman–Crippen LogP) is 5.00. The summed E-state index contributed by atoms with van der Waals surface area (Å²) in [4.78, 5) is 15.8. The maximum atomic E-state index is 11.2. The zero-order valence-corrected chi connectivity index (χ0v) is 16.4. The van der Waals surface area contributed by atoms with Crippen LogP contribution in [-0.2, 0) is 6.42 Å². The van der Waals surface area contributed by atoms with Gasteiger partial charge >= 0.3 is 5.97 Å². The molecule has 0 unspecified atom stereocenters. The first-order chi connectivity index (χ1) is 13.6. The molecule has 0 aliphatic carbocycles. The molecule has 3 aromatic rings. The number of rotatable bonds is 9. The standard InChI is InChI=1S/C22H21NO4S/c1-3-7-16-8-4-5-11-19(16)27-13-12-26-18-10-6-9-17(14-18)21-23-15(2)20(28-21)22(24)25/h3-6,8-11,14H,1,7,12-13H2,2H3,(H,24,25). The monoisotopic (exact) mass is 395 g/mol. The van der Waals surface area contributed by atoms with Gasteiger partial charge in [0.2, 0.25) is 0 Å². The van der Waals surface area contributed by atoms with E-state index in [9.17, 15) is 9.90 Å². The number of nitrogens with zero attached hydrogens (tertiary/aromatic N) is 1. The second-order valence-corrected chi connectivity index (χ2v) is 7.06. The van der Waals surface area contributed by atoms with Crippen LogP contribution < -0.4 is 9.47 Å². The number of thiazole rings is 1. The van der Waals surface area contributed by atoms with E-state index in [1.165, 1.54) is 0 Å². The third-order valence-corrected chi connectivity index (χ3v) is 5.21. The van der Waals surface area contributed by atoms with Crippen LogP contribution in [0.4, 0.5) is 0 Å². The molecule has 0 aliphatic heterocycles. The number of allylic oxidation sites excluding steroid dienone is 1. The quantitative estimate of drug-likeness (QED) is 0.408. The summed E-state index contributed by atoms with van der Waals surface area (Å²) in [7, 11) is 0. The fourth-order valence-electron chi connectivity index (χ4n) is 2.72. The molecule has 144 valence electrons. The Balaban J connectivity index is 1.60. The molecular weight excluding hydrogens is 374 g/mol. The summed E-state index contributed by atoms with van der Waals surface area (Å²) in [5.41, 5.74) is 2.44. The van der Waals surface area contributed by atoms with E-state index in [0.717, 1.165) is 34.6 Å². The van der Waals surface area contributed by atoms with E-state index in [4.69, 9.17) is 9.47 Å². The first kappa shape index (κ1) is 19.6. The molecule has 3 rings (SSSR count). The van der Waals surface area contributed by atoms with Crippen molar-refractivity contribution in [3.8, 4) is 22.1 Å². The minimum Gasteiger partial charge on any atom is -0.490 e. The van der Waals surface area contributed by atoms with Crippen LogP contribution in [0.1, 0.15) is 20.9 Å². The van der Waals surface area contributed by atoms with Gasteiger partial charge in [0.1, 0.15) is 34.6 Å². The zero-order valence-electron chi connectivity index (χ0n) is 15.6. The lowest BCUT2D eigenvalue weighted by molar-refractivity contribution is 0.0701. The van der Waals surface area contributed by atoms with Crippen molar-refractivity contribution in [3.63, 3.8) is 0 Å². The topological polar surface area (TPSA) is 68.7 Å². The third-order valence-electron chi connectivity index (χ3n) is 4.02.